The number of anilines is 2. The molecule has 0 N–H and O–H groups in total. The summed E-state index contributed by atoms with van der Waals surface area (Å²) in [5, 5.41) is 2.37. The fourth-order valence-electron chi connectivity index (χ4n) is 8.30. The van der Waals surface area contributed by atoms with Gasteiger partial charge in [0.1, 0.15) is 39.2 Å². The van der Waals surface area contributed by atoms with Gasteiger partial charge >= 0.3 is 0 Å². The highest BCUT2D eigenvalue weighted by Gasteiger charge is 2.20. The first-order valence-electron chi connectivity index (χ1n) is 20.2. The summed E-state index contributed by atoms with van der Waals surface area (Å²) in [4.78, 5) is 17.1. The van der Waals surface area contributed by atoms with Gasteiger partial charge in [0.2, 0.25) is 5.95 Å². The van der Waals surface area contributed by atoms with E-state index in [0.717, 1.165) is 55.8 Å². The van der Waals surface area contributed by atoms with Crippen molar-refractivity contribution in [3.63, 3.8) is 0 Å². The smallest absolute Gasteiger partial charge is 0.233 e. The molecule has 280 valence electrons. The lowest BCUT2D eigenvalue weighted by Crippen LogP contribution is -2.55. The van der Waals surface area contributed by atoms with E-state index in [9.17, 15) is 0 Å². The average molecular weight is 781 g/mol. The maximum atomic E-state index is 6.41. The van der Waals surface area contributed by atoms with Gasteiger partial charge in [-0.2, -0.15) is 9.97 Å². The van der Waals surface area contributed by atoms with Crippen LogP contribution >= 0.6 is 0 Å². The molecule has 0 aliphatic rings. The standard InChI is InChI=1S/C52H32B5N5/c1-61(52-59-50(33-15-6-3-7-16-33)58-51(60-52)34-25-23-32(24-26-34)44-45(53)47(55)49(57)48(56)46(44)54)41-21-10-8-19-38(41)36-27-28-40-39-20-9-11-22-42(39)62(43(40)30-36)37-18-12-17-35(29-37)31-13-4-2-5-14-31/h2-30H,1H3. The van der Waals surface area contributed by atoms with E-state index in [4.69, 9.17) is 54.2 Å². The van der Waals surface area contributed by atoms with E-state index in [2.05, 4.69) is 114 Å². The van der Waals surface area contributed by atoms with E-state index in [-0.39, 0.29) is 27.3 Å². The minimum absolute atomic E-state index is 0.172. The number of fused-ring (bicyclic) bond motifs is 3. The van der Waals surface area contributed by atoms with Gasteiger partial charge in [-0.3, -0.25) is 0 Å². The van der Waals surface area contributed by atoms with Crippen molar-refractivity contribution in [3.05, 3.63) is 176 Å². The van der Waals surface area contributed by atoms with Crippen molar-refractivity contribution in [2.24, 2.45) is 0 Å². The first-order valence-corrected chi connectivity index (χ1v) is 20.2. The lowest BCUT2D eigenvalue weighted by molar-refractivity contribution is 0.999. The molecule has 2 heterocycles. The first-order chi connectivity index (χ1) is 30.2. The SMILES string of the molecule is [B]c1c([B])c([B])c(-c2ccc(-c3nc(-c4ccccc4)nc(N(C)c4ccccc4-c4ccc5c6ccccc6n(-c6cccc(-c7ccccc7)c6)c5c4)n3)cc2)c([B])c1[B]. The molecule has 0 unspecified atom stereocenters. The van der Waals surface area contributed by atoms with Gasteiger partial charge in [0.25, 0.3) is 0 Å². The molecule has 0 aliphatic heterocycles. The van der Waals surface area contributed by atoms with Crippen LogP contribution in [-0.2, 0) is 0 Å². The molecule has 10 heteroatoms. The predicted octanol–water partition coefficient (Wildman–Crippen LogP) is 7.04. The van der Waals surface area contributed by atoms with Crippen molar-refractivity contribution in [3.8, 4) is 61.8 Å². The molecule has 0 amide bonds. The van der Waals surface area contributed by atoms with E-state index in [1.165, 1.54) is 16.3 Å². The van der Waals surface area contributed by atoms with Crippen LogP contribution in [0.5, 0.6) is 0 Å². The second-order valence-electron chi connectivity index (χ2n) is 15.2. The Morgan fingerprint density at radius 1 is 0.403 bits per heavy atom. The average Bonchev–Trinajstić information content (AvgIpc) is 3.67. The molecular weight excluding hydrogens is 749 g/mol. The predicted molar refractivity (Wildman–Crippen MR) is 263 cm³/mol. The number of nitrogens with zero attached hydrogens (tertiary/aromatic N) is 5. The number of rotatable bonds is 8. The van der Waals surface area contributed by atoms with E-state index < -0.39 is 0 Å². The van der Waals surface area contributed by atoms with Gasteiger partial charge in [0.15, 0.2) is 11.6 Å². The summed E-state index contributed by atoms with van der Waals surface area (Å²) in [5.74, 6) is 1.51. The first kappa shape index (κ1) is 38.9. The van der Waals surface area contributed by atoms with Gasteiger partial charge in [-0.05, 0) is 58.1 Å². The number of aromatic nitrogens is 4. The van der Waals surface area contributed by atoms with Gasteiger partial charge in [-0.15, -0.1) is 16.4 Å². The fourth-order valence-corrected chi connectivity index (χ4v) is 8.30. The summed E-state index contributed by atoms with van der Waals surface area (Å²) in [5.41, 5.74) is 12.7. The molecule has 10 radical (unpaired) electrons. The lowest BCUT2D eigenvalue weighted by atomic mass is 9.59. The topological polar surface area (TPSA) is 46.8 Å². The molecule has 0 fully saturated rings. The minimum Gasteiger partial charge on any atom is -0.313 e. The molecule has 0 aliphatic carbocycles. The molecule has 10 aromatic rings. The molecule has 62 heavy (non-hydrogen) atoms. The van der Waals surface area contributed by atoms with Crippen LogP contribution in [-0.4, -0.2) is 65.8 Å². The van der Waals surface area contributed by atoms with Crippen molar-refractivity contribution in [2.75, 3.05) is 11.9 Å². The van der Waals surface area contributed by atoms with Crippen LogP contribution in [0.15, 0.2) is 176 Å². The maximum absolute atomic E-state index is 6.41. The van der Waals surface area contributed by atoms with Crippen molar-refractivity contribution in [2.45, 2.75) is 0 Å². The van der Waals surface area contributed by atoms with Crippen molar-refractivity contribution in [1.82, 2.24) is 19.5 Å². The third-order valence-electron chi connectivity index (χ3n) is 11.5. The Labute approximate surface area is 367 Å². The Bertz CT molecular complexity index is 3290. The van der Waals surface area contributed by atoms with Gasteiger partial charge in [0.05, 0.1) is 16.7 Å². The zero-order chi connectivity index (χ0) is 42.5. The van der Waals surface area contributed by atoms with E-state index in [1.807, 2.05) is 78.7 Å². The van der Waals surface area contributed by atoms with E-state index in [1.54, 1.807) is 0 Å². The zero-order valence-corrected chi connectivity index (χ0v) is 33.9. The Morgan fingerprint density at radius 3 is 1.65 bits per heavy atom. The molecule has 0 saturated carbocycles. The molecule has 0 saturated heterocycles. The van der Waals surface area contributed by atoms with Crippen molar-refractivity contribution in [1.29, 1.82) is 0 Å². The van der Waals surface area contributed by atoms with Crippen LogP contribution in [0.2, 0.25) is 0 Å². The molecule has 10 rings (SSSR count). The van der Waals surface area contributed by atoms with Gasteiger partial charge in [-0.25, -0.2) is 4.98 Å². The number of para-hydroxylation sites is 2. The molecule has 2 aromatic heterocycles. The van der Waals surface area contributed by atoms with Crippen LogP contribution < -0.4 is 32.2 Å². The molecule has 0 spiro atoms. The third-order valence-corrected chi connectivity index (χ3v) is 11.5. The van der Waals surface area contributed by atoms with Crippen molar-refractivity contribution < 1.29 is 0 Å². The van der Waals surface area contributed by atoms with Crippen LogP contribution in [0.3, 0.4) is 0 Å². The van der Waals surface area contributed by atoms with Gasteiger partial charge < -0.3 is 9.47 Å². The van der Waals surface area contributed by atoms with Crippen LogP contribution in [0.1, 0.15) is 0 Å². The number of hydrogen-bond donors (Lipinski definition) is 0. The molecule has 8 aromatic carbocycles. The minimum atomic E-state index is 0.172. The third kappa shape index (κ3) is 6.82. The Hall–Kier alpha value is -7.31. The summed E-state index contributed by atoms with van der Waals surface area (Å²) in [6, 6.07) is 60.4. The van der Waals surface area contributed by atoms with Crippen molar-refractivity contribution >= 4 is 100.0 Å². The second-order valence-corrected chi connectivity index (χ2v) is 15.2. The van der Waals surface area contributed by atoms with Crippen LogP contribution in [0, 0.1) is 0 Å². The molecular formula is C52H32B5N5. The number of benzene rings is 8. The Morgan fingerprint density at radius 2 is 0.935 bits per heavy atom. The monoisotopic (exact) mass is 781 g/mol. The zero-order valence-electron chi connectivity index (χ0n) is 33.9. The highest BCUT2D eigenvalue weighted by molar-refractivity contribution is 6.68. The van der Waals surface area contributed by atoms with Gasteiger partial charge in [-0.1, -0.05) is 157 Å². The lowest BCUT2D eigenvalue weighted by Gasteiger charge is -2.22. The van der Waals surface area contributed by atoms with E-state index >= 15 is 0 Å². The molecule has 0 atom stereocenters. The van der Waals surface area contributed by atoms with E-state index in [0.29, 0.717) is 23.2 Å². The Balaban J connectivity index is 1.08. The summed E-state index contributed by atoms with van der Waals surface area (Å²) in [7, 11) is 33.3. The highest BCUT2D eigenvalue weighted by atomic mass is 15.3. The molecule has 5 nitrogen and oxygen atoms in total. The summed E-state index contributed by atoms with van der Waals surface area (Å²) in [6.45, 7) is 0. The van der Waals surface area contributed by atoms with Crippen LogP contribution in [0.25, 0.3) is 83.6 Å². The normalized spacial score (nSPS) is 11.3. The maximum Gasteiger partial charge on any atom is 0.233 e. The van der Waals surface area contributed by atoms with Gasteiger partial charge in [0, 0.05) is 40.2 Å². The summed E-state index contributed by atoms with van der Waals surface area (Å²) < 4.78 is 2.36. The summed E-state index contributed by atoms with van der Waals surface area (Å²) in [6.07, 6.45) is 0. The largest absolute Gasteiger partial charge is 0.313 e. The highest BCUT2D eigenvalue weighted by Crippen LogP contribution is 2.39. The summed E-state index contributed by atoms with van der Waals surface area (Å²) >= 11 is 0. The molecule has 0 bridgehead atoms. The fraction of sp³-hybridized carbons (Fsp3) is 0.0192. The number of hydrogen-bond acceptors (Lipinski definition) is 4. The van der Waals surface area contributed by atoms with Crippen LogP contribution in [0.4, 0.5) is 11.6 Å². The second kappa shape index (κ2) is 15.9. The Kier molecular flexibility index (Phi) is 10.00. The quantitative estimate of drug-likeness (QED) is 0.155.